The molecule has 1 aromatic heterocycles. The van der Waals surface area contributed by atoms with Crippen LogP contribution in [0.15, 0.2) is 54.9 Å². The second-order valence-corrected chi connectivity index (χ2v) is 7.91. The highest BCUT2D eigenvalue weighted by molar-refractivity contribution is 7.92. The van der Waals surface area contributed by atoms with Crippen molar-refractivity contribution in [1.82, 2.24) is 9.55 Å². The van der Waals surface area contributed by atoms with Crippen molar-refractivity contribution in [2.45, 2.75) is 6.54 Å². The average molecular weight is 376 g/mol. The number of nitrogens with zero attached hydrogens (tertiary/aromatic N) is 2. The molecular weight excluding hydrogens is 362 g/mol. The second kappa shape index (κ2) is 6.09. The van der Waals surface area contributed by atoms with Gasteiger partial charge in [0.25, 0.3) is 0 Å². The molecule has 0 atom stereocenters. The number of halogens is 1. The molecule has 1 N–H and O–H groups in total. The Labute approximate surface area is 150 Å². The quantitative estimate of drug-likeness (QED) is 0.756. The predicted octanol–water partition coefficient (Wildman–Crippen LogP) is 3.75. The van der Waals surface area contributed by atoms with Crippen molar-refractivity contribution in [3.63, 3.8) is 0 Å². The monoisotopic (exact) mass is 375 g/mol. The Bertz CT molecular complexity index is 1010. The standard InChI is InChI=1S/C17H14ClN3O3S/c18-13-3-7-15(8-4-13)24-14-5-1-12(2-6-14)16-17-20-25(22,23)10-9-21(17)11-19-16/h1-8,11,20H,9-10H2. The van der Waals surface area contributed by atoms with E-state index >= 15 is 0 Å². The van der Waals surface area contributed by atoms with Gasteiger partial charge in [-0.1, -0.05) is 11.6 Å². The second-order valence-electron chi connectivity index (χ2n) is 5.64. The molecule has 0 aliphatic carbocycles. The van der Waals surface area contributed by atoms with Crippen molar-refractivity contribution in [3.8, 4) is 22.8 Å². The third kappa shape index (κ3) is 3.33. The Morgan fingerprint density at radius 3 is 2.36 bits per heavy atom. The molecule has 0 fully saturated rings. The fourth-order valence-electron chi connectivity index (χ4n) is 2.61. The molecule has 6 nitrogen and oxygen atoms in total. The summed E-state index contributed by atoms with van der Waals surface area (Å²) in [6.45, 7) is 0.398. The molecule has 128 valence electrons. The topological polar surface area (TPSA) is 73.2 Å². The zero-order valence-corrected chi connectivity index (χ0v) is 14.6. The summed E-state index contributed by atoms with van der Waals surface area (Å²) in [5.74, 6) is 1.91. The molecular formula is C17H14ClN3O3S. The number of benzene rings is 2. The smallest absolute Gasteiger partial charge is 0.235 e. The number of anilines is 1. The van der Waals surface area contributed by atoms with E-state index in [4.69, 9.17) is 16.3 Å². The summed E-state index contributed by atoms with van der Waals surface area (Å²) in [6.07, 6.45) is 1.64. The Morgan fingerprint density at radius 2 is 1.68 bits per heavy atom. The van der Waals surface area contributed by atoms with Gasteiger partial charge in [-0.25, -0.2) is 13.4 Å². The van der Waals surface area contributed by atoms with Gasteiger partial charge in [0.1, 0.15) is 23.0 Å². The summed E-state index contributed by atoms with van der Waals surface area (Å²) in [7, 11) is -3.30. The van der Waals surface area contributed by atoms with Crippen LogP contribution in [0.2, 0.25) is 5.02 Å². The highest BCUT2D eigenvalue weighted by Gasteiger charge is 2.24. The average Bonchev–Trinajstić information content (AvgIpc) is 2.99. The first-order valence-corrected chi connectivity index (χ1v) is 9.63. The first kappa shape index (κ1) is 16.0. The van der Waals surface area contributed by atoms with Crippen molar-refractivity contribution >= 4 is 27.4 Å². The van der Waals surface area contributed by atoms with E-state index in [9.17, 15) is 8.42 Å². The van der Waals surface area contributed by atoms with Crippen LogP contribution in [0.1, 0.15) is 0 Å². The molecule has 0 radical (unpaired) electrons. The van der Waals surface area contributed by atoms with Crippen molar-refractivity contribution in [2.24, 2.45) is 0 Å². The maximum Gasteiger partial charge on any atom is 0.235 e. The van der Waals surface area contributed by atoms with Crippen molar-refractivity contribution < 1.29 is 13.2 Å². The number of ether oxygens (including phenoxy) is 1. The van der Waals surface area contributed by atoms with E-state index in [1.54, 1.807) is 35.2 Å². The van der Waals surface area contributed by atoms with Crippen LogP contribution in [0.3, 0.4) is 0 Å². The van der Waals surface area contributed by atoms with E-state index in [1.165, 1.54) is 0 Å². The minimum atomic E-state index is -3.30. The Kier molecular flexibility index (Phi) is 3.89. The van der Waals surface area contributed by atoms with Crippen LogP contribution in [0, 0.1) is 0 Å². The van der Waals surface area contributed by atoms with Crippen LogP contribution in [0.4, 0.5) is 5.82 Å². The number of rotatable bonds is 3. The van der Waals surface area contributed by atoms with Crippen LogP contribution >= 0.6 is 11.6 Å². The molecule has 0 spiro atoms. The van der Waals surface area contributed by atoms with E-state index in [1.807, 2.05) is 24.3 Å². The van der Waals surface area contributed by atoms with Gasteiger partial charge in [0.05, 0.1) is 12.1 Å². The SMILES string of the molecule is O=S1(=O)CCn2cnc(-c3ccc(Oc4ccc(Cl)cc4)cc3)c2N1. The molecule has 0 saturated heterocycles. The predicted molar refractivity (Wildman–Crippen MR) is 96.6 cm³/mol. The lowest BCUT2D eigenvalue weighted by Crippen LogP contribution is -2.27. The van der Waals surface area contributed by atoms with E-state index in [0.717, 1.165) is 5.56 Å². The van der Waals surface area contributed by atoms with Gasteiger partial charge in [-0.2, -0.15) is 0 Å². The third-order valence-corrected chi connectivity index (χ3v) is 5.34. The van der Waals surface area contributed by atoms with E-state index in [-0.39, 0.29) is 5.75 Å². The summed E-state index contributed by atoms with van der Waals surface area (Å²) in [5.41, 5.74) is 1.41. The summed E-state index contributed by atoms with van der Waals surface area (Å²) in [5, 5.41) is 0.648. The lowest BCUT2D eigenvalue weighted by molar-refractivity contribution is 0.483. The minimum absolute atomic E-state index is 0.0592. The van der Waals surface area contributed by atoms with Crippen LogP contribution < -0.4 is 9.46 Å². The van der Waals surface area contributed by atoms with Gasteiger partial charge in [0, 0.05) is 17.1 Å². The van der Waals surface area contributed by atoms with Crippen LogP contribution in [0.5, 0.6) is 11.5 Å². The molecule has 1 aliphatic heterocycles. The van der Waals surface area contributed by atoms with Gasteiger partial charge in [-0.3, -0.25) is 4.72 Å². The fourth-order valence-corrected chi connectivity index (χ4v) is 3.78. The highest BCUT2D eigenvalue weighted by Crippen LogP contribution is 2.31. The van der Waals surface area contributed by atoms with Crippen LogP contribution in [-0.2, 0) is 16.6 Å². The number of sulfonamides is 1. The fraction of sp³-hybridized carbons (Fsp3) is 0.118. The number of hydrogen-bond donors (Lipinski definition) is 1. The molecule has 4 rings (SSSR count). The molecule has 1 aliphatic rings. The molecule has 25 heavy (non-hydrogen) atoms. The third-order valence-electron chi connectivity index (χ3n) is 3.87. The molecule has 0 bridgehead atoms. The van der Waals surface area contributed by atoms with Crippen molar-refractivity contribution in [2.75, 3.05) is 10.5 Å². The van der Waals surface area contributed by atoms with Crippen molar-refractivity contribution in [1.29, 1.82) is 0 Å². The number of fused-ring (bicyclic) bond motifs is 1. The summed E-state index contributed by atoms with van der Waals surface area (Å²) >= 11 is 5.86. The lowest BCUT2D eigenvalue weighted by atomic mass is 10.1. The summed E-state index contributed by atoms with van der Waals surface area (Å²) in [6, 6.07) is 14.4. The van der Waals surface area contributed by atoms with Gasteiger partial charge in [0.2, 0.25) is 10.0 Å². The van der Waals surface area contributed by atoms with E-state index in [0.29, 0.717) is 34.6 Å². The largest absolute Gasteiger partial charge is 0.457 e. The minimum Gasteiger partial charge on any atom is -0.457 e. The maximum atomic E-state index is 11.8. The lowest BCUT2D eigenvalue weighted by Gasteiger charge is -2.17. The Morgan fingerprint density at radius 1 is 1.04 bits per heavy atom. The number of imidazole rings is 1. The van der Waals surface area contributed by atoms with Gasteiger partial charge >= 0.3 is 0 Å². The Balaban J connectivity index is 1.59. The molecule has 0 saturated carbocycles. The molecule has 3 aromatic rings. The number of aromatic nitrogens is 2. The van der Waals surface area contributed by atoms with Crippen LogP contribution in [-0.4, -0.2) is 23.7 Å². The Hall–Kier alpha value is -2.51. The van der Waals surface area contributed by atoms with E-state index < -0.39 is 10.0 Å². The summed E-state index contributed by atoms with van der Waals surface area (Å²) < 4.78 is 33.7. The van der Waals surface area contributed by atoms with Gasteiger partial charge in [-0.05, 0) is 48.5 Å². The molecule has 0 unspecified atom stereocenters. The maximum absolute atomic E-state index is 11.8. The summed E-state index contributed by atoms with van der Waals surface area (Å²) in [4.78, 5) is 4.34. The van der Waals surface area contributed by atoms with Crippen molar-refractivity contribution in [3.05, 3.63) is 59.9 Å². The molecule has 2 aromatic carbocycles. The zero-order chi connectivity index (χ0) is 17.4. The highest BCUT2D eigenvalue weighted by atomic mass is 35.5. The van der Waals surface area contributed by atoms with E-state index in [2.05, 4.69) is 9.71 Å². The number of aryl methyl sites for hydroxylation is 1. The molecule has 2 heterocycles. The molecule has 8 heteroatoms. The molecule has 0 amide bonds. The van der Waals surface area contributed by atoms with Crippen LogP contribution in [0.25, 0.3) is 11.3 Å². The first-order chi connectivity index (χ1) is 12.0. The van der Waals surface area contributed by atoms with Gasteiger partial charge in [-0.15, -0.1) is 0 Å². The normalized spacial score (nSPS) is 15.2. The first-order valence-electron chi connectivity index (χ1n) is 7.60. The van der Waals surface area contributed by atoms with Gasteiger partial charge in [0.15, 0.2) is 0 Å². The zero-order valence-electron chi connectivity index (χ0n) is 13.0. The number of hydrogen-bond acceptors (Lipinski definition) is 4. The number of nitrogens with one attached hydrogen (secondary N) is 1. The van der Waals surface area contributed by atoms with Gasteiger partial charge < -0.3 is 9.30 Å².